The number of unbranched alkanes of at least 4 members (excludes halogenated alkanes) is 1. The molecule has 2 rings (SSSR count). The summed E-state index contributed by atoms with van der Waals surface area (Å²) in [6.45, 7) is 4.69. The zero-order chi connectivity index (χ0) is 16.3. The van der Waals surface area contributed by atoms with Crippen LogP contribution in [0.2, 0.25) is 0 Å². The van der Waals surface area contributed by atoms with Gasteiger partial charge in [0.15, 0.2) is 0 Å². The molecular weight excluding hydrogens is 302 g/mol. The number of non-ortho nitro benzene ring substituents is 1. The van der Waals surface area contributed by atoms with Crippen molar-refractivity contribution in [3.8, 4) is 0 Å². The first-order valence-electron chi connectivity index (χ1n) is 7.00. The van der Waals surface area contributed by atoms with Gasteiger partial charge in [-0.3, -0.25) is 10.1 Å². The van der Waals surface area contributed by atoms with Gasteiger partial charge < -0.3 is 9.67 Å². The van der Waals surface area contributed by atoms with Gasteiger partial charge in [0.05, 0.1) is 16.7 Å². The van der Waals surface area contributed by atoms with Crippen LogP contribution < -0.4 is 0 Å². The highest BCUT2D eigenvalue weighted by atomic mass is 32.1. The number of fused-ring (bicyclic) bond motifs is 1. The van der Waals surface area contributed by atoms with Gasteiger partial charge in [-0.05, 0) is 19.4 Å². The third-order valence-electron chi connectivity index (χ3n) is 3.48. The highest BCUT2D eigenvalue weighted by Crippen LogP contribution is 2.28. The van der Waals surface area contributed by atoms with Crippen molar-refractivity contribution < 1.29 is 10.0 Å². The minimum absolute atomic E-state index is 0.0700. The molecule has 0 aliphatic heterocycles. The van der Waals surface area contributed by atoms with E-state index in [9.17, 15) is 10.1 Å². The van der Waals surface area contributed by atoms with Crippen molar-refractivity contribution in [3.05, 3.63) is 44.5 Å². The molecule has 0 unspecified atom stereocenters. The molecule has 1 N–H and O–H groups in total. The minimum Gasteiger partial charge on any atom is -0.516 e. The summed E-state index contributed by atoms with van der Waals surface area (Å²) in [6.07, 6.45) is 4.29. The quantitative estimate of drug-likeness (QED) is 0.384. The SMILES string of the molecule is CCCCn1c(C)nc(=S)c2cc([N+](=O)[O-])cc(C=CO)c21. The molecule has 0 saturated carbocycles. The molecule has 1 aromatic carbocycles. The zero-order valence-corrected chi connectivity index (χ0v) is 13.3. The Labute approximate surface area is 132 Å². The van der Waals surface area contributed by atoms with Gasteiger partial charge in [-0.25, -0.2) is 4.98 Å². The van der Waals surface area contributed by atoms with Crippen molar-refractivity contribution in [2.45, 2.75) is 33.2 Å². The van der Waals surface area contributed by atoms with E-state index in [4.69, 9.17) is 17.3 Å². The Morgan fingerprint density at radius 1 is 1.50 bits per heavy atom. The van der Waals surface area contributed by atoms with Gasteiger partial charge >= 0.3 is 0 Å². The summed E-state index contributed by atoms with van der Waals surface area (Å²) < 4.78 is 2.32. The molecular formula is C15H17N3O3S. The second-order valence-corrected chi connectivity index (χ2v) is 5.36. The molecule has 0 aliphatic carbocycles. The summed E-state index contributed by atoms with van der Waals surface area (Å²) in [6, 6.07) is 2.88. The number of nitro groups is 1. The molecule has 0 radical (unpaired) electrons. The fourth-order valence-corrected chi connectivity index (χ4v) is 2.72. The largest absolute Gasteiger partial charge is 0.516 e. The second-order valence-electron chi connectivity index (χ2n) is 4.97. The number of hydrogen-bond donors (Lipinski definition) is 1. The first-order chi connectivity index (χ1) is 10.5. The molecule has 22 heavy (non-hydrogen) atoms. The molecule has 1 heterocycles. The maximum Gasteiger partial charge on any atom is 0.270 e. The Morgan fingerprint density at radius 2 is 2.23 bits per heavy atom. The third-order valence-corrected chi connectivity index (χ3v) is 3.79. The monoisotopic (exact) mass is 319 g/mol. The summed E-state index contributed by atoms with van der Waals surface area (Å²) in [5, 5.41) is 20.8. The number of aliphatic hydroxyl groups is 1. The Balaban J connectivity index is 2.90. The van der Waals surface area contributed by atoms with E-state index in [1.54, 1.807) is 0 Å². The Bertz CT molecular complexity index is 812. The second kappa shape index (κ2) is 6.65. The van der Waals surface area contributed by atoms with Crippen LogP contribution >= 0.6 is 12.2 Å². The minimum atomic E-state index is -0.473. The molecule has 116 valence electrons. The van der Waals surface area contributed by atoms with Crippen LogP contribution in [0.3, 0.4) is 0 Å². The fourth-order valence-electron chi connectivity index (χ4n) is 2.44. The highest BCUT2D eigenvalue weighted by Gasteiger charge is 2.15. The molecule has 0 aliphatic rings. The molecule has 0 saturated heterocycles. The van der Waals surface area contributed by atoms with Crippen LogP contribution in [-0.4, -0.2) is 19.6 Å². The molecule has 0 spiro atoms. The molecule has 1 aromatic heterocycles. The number of nitro benzene ring substituents is 1. The van der Waals surface area contributed by atoms with Gasteiger partial charge in [-0.2, -0.15) is 0 Å². The topological polar surface area (TPSA) is 81.2 Å². The first kappa shape index (κ1) is 16.1. The molecule has 0 bridgehead atoms. The number of nitrogens with zero attached hydrogens (tertiary/aromatic N) is 3. The predicted octanol–water partition coefficient (Wildman–Crippen LogP) is 4.31. The third kappa shape index (κ3) is 2.99. The predicted molar refractivity (Wildman–Crippen MR) is 88.5 cm³/mol. The molecule has 2 aromatic rings. The maximum atomic E-state index is 11.1. The summed E-state index contributed by atoms with van der Waals surface area (Å²) in [4.78, 5) is 14.9. The van der Waals surface area contributed by atoms with Crippen molar-refractivity contribution in [2.24, 2.45) is 0 Å². The number of aliphatic hydroxyl groups excluding tert-OH is 1. The van der Waals surface area contributed by atoms with E-state index in [2.05, 4.69) is 11.9 Å². The van der Waals surface area contributed by atoms with E-state index < -0.39 is 4.92 Å². The van der Waals surface area contributed by atoms with Crippen LogP contribution in [0.25, 0.3) is 17.0 Å². The van der Waals surface area contributed by atoms with Crippen LogP contribution in [0.15, 0.2) is 18.4 Å². The number of benzene rings is 1. The summed E-state index contributed by atoms with van der Waals surface area (Å²) >= 11 is 5.27. The van der Waals surface area contributed by atoms with Gasteiger partial charge in [-0.1, -0.05) is 25.6 Å². The van der Waals surface area contributed by atoms with E-state index >= 15 is 0 Å². The van der Waals surface area contributed by atoms with Gasteiger partial charge in [0.2, 0.25) is 0 Å². The lowest BCUT2D eigenvalue weighted by Gasteiger charge is -2.16. The first-order valence-corrected chi connectivity index (χ1v) is 7.40. The Morgan fingerprint density at radius 3 is 2.82 bits per heavy atom. The molecule has 0 amide bonds. The Kier molecular flexibility index (Phi) is 4.87. The average molecular weight is 319 g/mol. The van der Waals surface area contributed by atoms with Crippen LogP contribution in [-0.2, 0) is 6.54 Å². The normalized spacial score (nSPS) is 11.4. The summed E-state index contributed by atoms with van der Waals surface area (Å²) in [5.74, 6) is 0.757. The lowest BCUT2D eigenvalue weighted by Crippen LogP contribution is -2.09. The van der Waals surface area contributed by atoms with E-state index in [-0.39, 0.29) is 5.69 Å². The average Bonchev–Trinajstić information content (AvgIpc) is 2.47. The van der Waals surface area contributed by atoms with E-state index in [1.807, 2.05) is 11.5 Å². The van der Waals surface area contributed by atoms with Crippen molar-refractivity contribution in [1.29, 1.82) is 0 Å². The number of hydrogen-bond acceptors (Lipinski definition) is 5. The highest BCUT2D eigenvalue weighted by molar-refractivity contribution is 7.71. The number of aromatic nitrogens is 2. The van der Waals surface area contributed by atoms with Gasteiger partial charge in [0, 0.05) is 29.6 Å². The molecule has 7 heteroatoms. The summed E-state index contributed by atoms with van der Waals surface area (Å²) in [5.41, 5.74) is 1.25. The number of rotatable bonds is 5. The van der Waals surface area contributed by atoms with Crippen LogP contribution in [0, 0.1) is 21.7 Å². The van der Waals surface area contributed by atoms with Gasteiger partial charge in [-0.15, -0.1) is 0 Å². The van der Waals surface area contributed by atoms with E-state index in [0.29, 0.717) is 15.6 Å². The van der Waals surface area contributed by atoms with Gasteiger partial charge in [0.25, 0.3) is 5.69 Å². The standard InChI is InChI=1S/C15H17N3O3S/c1-3-4-6-17-10(2)16-15(22)13-9-12(18(20)21)8-11(5-7-19)14(13)17/h5,7-9,19H,3-4,6H2,1-2H3. The van der Waals surface area contributed by atoms with Crippen LogP contribution in [0.4, 0.5) is 5.69 Å². The molecule has 0 atom stereocenters. The molecule has 0 fully saturated rings. The van der Waals surface area contributed by atoms with Crippen molar-refractivity contribution in [3.63, 3.8) is 0 Å². The maximum absolute atomic E-state index is 11.1. The van der Waals surface area contributed by atoms with E-state index in [1.165, 1.54) is 18.2 Å². The smallest absolute Gasteiger partial charge is 0.270 e. The van der Waals surface area contributed by atoms with Gasteiger partial charge in [0.1, 0.15) is 10.5 Å². The Hall–Kier alpha value is -2.28. The van der Waals surface area contributed by atoms with Crippen molar-refractivity contribution in [2.75, 3.05) is 0 Å². The van der Waals surface area contributed by atoms with Crippen molar-refractivity contribution >= 4 is 34.9 Å². The number of aryl methyl sites for hydroxylation is 2. The lowest BCUT2D eigenvalue weighted by atomic mass is 10.1. The summed E-state index contributed by atoms with van der Waals surface area (Å²) in [7, 11) is 0. The fraction of sp³-hybridized carbons (Fsp3) is 0.333. The lowest BCUT2D eigenvalue weighted by molar-refractivity contribution is -0.384. The van der Waals surface area contributed by atoms with Crippen LogP contribution in [0.5, 0.6) is 0 Å². The molecule has 6 nitrogen and oxygen atoms in total. The van der Waals surface area contributed by atoms with Crippen molar-refractivity contribution in [1.82, 2.24) is 9.55 Å². The zero-order valence-electron chi connectivity index (χ0n) is 12.4. The van der Waals surface area contributed by atoms with E-state index in [0.717, 1.165) is 37.0 Å². The van der Waals surface area contributed by atoms with Crippen LogP contribution in [0.1, 0.15) is 31.2 Å².